The third-order valence-electron chi connectivity index (χ3n) is 1.76. The summed E-state index contributed by atoms with van der Waals surface area (Å²) < 4.78 is 10.1. The molecule has 0 radical (unpaired) electrons. The van der Waals surface area contributed by atoms with Crippen LogP contribution in [0.4, 0.5) is 5.88 Å². The van der Waals surface area contributed by atoms with Crippen LogP contribution in [0.1, 0.15) is 17.5 Å². The molecule has 0 bridgehead atoms. The van der Waals surface area contributed by atoms with E-state index in [4.69, 9.17) is 31.6 Å². The van der Waals surface area contributed by atoms with Crippen molar-refractivity contribution in [2.45, 2.75) is 6.92 Å². The predicted molar refractivity (Wildman–Crippen MR) is 74.8 cm³/mol. The van der Waals surface area contributed by atoms with Gasteiger partial charge in [-0.15, -0.1) is 0 Å². The molecule has 0 aliphatic carbocycles. The Kier molecular flexibility index (Phi) is 5.93. The van der Waals surface area contributed by atoms with E-state index in [1.807, 2.05) is 14.1 Å². The van der Waals surface area contributed by atoms with Gasteiger partial charge in [-0.3, -0.25) is 0 Å². The zero-order valence-electron chi connectivity index (χ0n) is 10.2. The summed E-state index contributed by atoms with van der Waals surface area (Å²) in [6, 6.07) is 1.46. The molecule has 1 aromatic heterocycles. The van der Waals surface area contributed by atoms with Crippen LogP contribution in [0.3, 0.4) is 0 Å². The fraction of sp³-hybridized carbons (Fsp3) is 0.400. The minimum Gasteiger partial charge on any atom is -0.460 e. The van der Waals surface area contributed by atoms with Crippen LogP contribution in [0.15, 0.2) is 15.5 Å². The van der Waals surface area contributed by atoms with Gasteiger partial charge < -0.3 is 14.1 Å². The van der Waals surface area contributed by atoms with Crippen molar-refractivity contribution in [1.82, 2.24) is 4.90 Å². The molecule has 0 fully saturated rings. The van der Waals surface area contributed by atoms with Gasteiger partial charge in [-0.2, -0.15) is 0 Å². The monoisotopic (exact) mass is 310 g/mol. The Labute approximate surface area is 116 Å². The molecule has 0 saturated heterocycles. The molecule has 1 rings (SSSR count). The van der Waals surface area contributed by atoms with Gasteiger partial charge in [-0.1, -0.05) is 22.5 Å². The first kappa shape index (κ1) is 15.3. The van der Waals surface area contributed by atoms with Crippen LogP contribution in [0.25, 0.3) is 0 Å². The first-order chi connectivity index (χ1) is 8.45. The zero-order chi connectivity index (χ0) is 13.7. The topological polar surface area (TPSA) is 55.0 Å². The summed E-state index contributed by atoms with van der Waals surface area (Å²) in [7, 11) is 3.62. The molecule has 1 heterocycles. The smallest absolute Gasteiger partial charge is 0.374 e. The minimum absolute atomic E-state index is 0.0477. The van der Waals surface area contributed by atoms with E-state index in [9.17, 15) is 4.79 Å². The van der Waals surface area contributed by atoms with Crippen molar-refractivity contribution in [1.29, 1.82) is 0 Å². The maximum absolute atomic E-state index is 11.5. The maximum atomic E-state index is 11.5. The highest BCUT2D eigenvalue weighted by Gasteiger charge is 2.21. The molecule has 18 heavy (non-hydrogen) atoms. The summed E-state index contributed by atoms with van der Waals surface area (Å²) in [4.78, 5) is 17.3. The lowest BCUT2D eigenvalue weighted by atomic mass is 10.4. The molecule has 0 unspecified atom stereocenters. The van der Waals surface area contributed by atoms with E-state index in [2.05, 4.69) is 4.99 Å². The van der Waals surface area contributed by atoms with Crippen LogP contribution in [-0.2, 0) is 4.74 Å². The van der Waals surface area contributed by atoms with E-state index < -0.39 is 12.6 Å². The highest BCUT2D eigenvalue weighted by Crippen LogP contribution is 2.48. The van der Waals surface area contributed by atoms with Gasteiger partial charge in [0.25, 0.3) is 0 Å². The van der Waals surface area contributed by atoms with Crippen LogP contribution < -0.4 is 5.30 Å². The lowest BCUT2D eigenvalue weighted by Crippen LogP contribution is -2.07. The van der Waals surface area contributed by atoms with Gasteiger partial charge in [0.1, 0.15) is 6.63 Å². The summed E-state index contributed by atoms with van der Waals surface area (Å²) in [6.07, 6.45) is 1.53. The van der Waals surface area contributed by atoms with Gasteiger partial charge >= 0.3 is 5.97 Å². The first-order valence-electron chi connectivity index (χ1n) is 5.09. The second-order valence-corrected chi connectivity index (χ2v) is 6.96. The molecule has 0 aliphatic heterocycles. The number of nitrogens with zero attached hydrogens (tertiary/aromatic N) is 2. The van der Waals surface area contributed by atoms with E-state index in [0.29, 0.717) is 5.30 Å². The molecule has 0 aliphatic rings. The number of hydrogen-bond acceptors (Lipinski definition) is 4. The summed E-state index contributed by atoms with van der Waals surface area (Å²) in [5, 5.41) is 0.495. The summed E-state index contributed by atoms with van der Waals surface area (Å²) in [5.41, 5.74) is 0. The molecule has 5 nitrogen and oxygen atoms in total. The lowest BCUT2D eigenvalue weighted by Gasteiger charge is -2.02. The molecule has 8 heteroatoms. The number of hydrogen-bond donors (Lipinski definition) is 0. The fourth-order valence-corrected chi connectivity index (χ4v) is 2.25. The number of carbonyl (C=O) groups excluding carboxylic acids is 1. The lowest BCUT2D eigenvalue weighted by molar-refractivity contribution is 0.0491. The Morgan fingerprint density at radius 1 is 1.61 bits per heavy atom. The van der Waals surface area contributed by atoms with Gasteiger partial charge in [0.05, 0.1) is 18.2 Å². The highest BCUT2D eigenvalue weighted by atomic mass is 35.9. The normalized spacial score (nSPS) is 11.2. The van der Waals surface area contributed by atoms with Crippen LogP contribution in [0, 0.1) is 0 Å². The maximum Gasteiger partial charge on any atom is 0.374 e. The Hall–Kier alpha value is -0.770. The Bertz CT molecular complexity index is 446. The Morgan fingerprint density at radius 2 is 2.28 bits per heavy atom. The fourth-order valence-electron chi connectivity index (χ4n) is 1.06. The van der Waals surface area contributed by atoms with Crippen LogP contribution in [-0.4, -0.2) is 37.9 Å². The molecule has 0 atom stereocenters. The number of rotatable bonds is 5. The van der Waals surface area contributed by atoms with Crippen LogP contribution in [0.5, 0.6) is 0 Å². The predicted octanol–water partition coefficient (Wildman–Crippen LogP) is 3.09. The molecule has 0 aromatic carbocycles. The number of esters is 1. The van der Waals surface area contributed by atoms with Crippen LogP contribution in [0.2, 0.25) is 0 Å². The molecular formula is C10H13Cl2N2O3P. The quantitative estimate of drug-likeness (QED) is 0.363. The van der Waals surface area contributed by atoms with Gasteiger partial charge in [-0.25, -0.2) is 9.79 Å². The second kappa shape index (κ2) is 6.98. The minimum atomic E-state index is -1.45. The van der Waals surface area contributed by atoms with Gasteiger partial charge in [0.15, 0.2) is 0 Å². The molecular weight excluding hydrogens is 298 g/mol. The number of furan rings is 1. The number of aliphatic imine (C=N–C) groups is 1. The van der Waals surface area contributed by atoms with E-state index in [0.717, 1.165) is 0 Å². The van der Waals surface area contributed by atoms with Gasteiger partial charge in [-0.05, 0) is 6.92 Å². The number of halogens is 2. The molecule has 0 amide bonds. The first-order valence-corrected chi connectivity index (χ1v) is 8.24. The van der Waals surface area contributed by atoms with E-state index in [-0.39, 0.29) is 18.3 Å². The van der Waals surface area contributed by atoms with Crippen molar-refractivity contribution in [3.8, 4) is 0 Å². The van der Waals surface area contributed by atoms with Crippen molar-refractivity contribution in [3.63, 3.8) is 0 Å². The molecule has 0 spiro atoms. The number of ether oxygens (including phenoxy) is 1. The summed E-state index contributed by atoms with van der Waals surface area (Å²) in [6.45, 7) is 0.527. The van der Waals surface area contributed by atoms with E-state index in [1.165, 1.54) is 12.4 Å². The highest BCUT2D eigenvalue weighted by molar-refractivity contribution is 8.09. The third-order valence-corrected chi connectivity index (χ3v) is 3.54. The average molecular weight is 311 g/mol. The largest absolute Gasteiger partial charge is 0.460 e. The van der Waals surface area contributed by atoms with Gasteiger partial charge in [0.2, 0.25) is 11.6 Å². The SMILES string of the molecule is CCOC(=O)c1cc(P(Cl)Cl)c(N=CN(C)C)o1. The average Bonchev–Trinajstić information content (AvgIpc) is 2.70. The standard InChI is InChI=1S/C10H13Cl2N2O3P/c1-4-16-10(15)7-5-8(18(11)12)9(17-7)13-6-14(2)3/h5-6H,4H2,1-3H3. The zero-order valence-corrected chi connectivity index (χ0v) is 12.6. The van der Waals surface area contributed by atoms with Gasteiger partial charge in [0, 0.05) is 20.2 Å². The van der Waals surface area contributed by atoms with Crippen molar-refractivity contribution in [3.05, 3.63) is 11.8 Å². The Balaban J connectivity index is 3.04. The number of carbonyl (C=O) groups is 1. The third kappa shape index (κ3) is 4.16. The van der Waals surface area contributed by atoms with Crippen molar-refractivity contribution in [2.24, 2.45) is 4.99 Å². The Morgan fingerprint density at radius 3 is 2.78 bits per heavy atom. The second-order valence-electron chi connectivity index (χ2n) is 3.46. The molecule has 1 aromatic rings. The molecule has 100 valence electrons. The molecule has 0 saturated carbocycles. The van der Waals surface area contributed by atoms with Crippen molar-refractivity contribution < 1.29 is 13.9 Å². The van der Waals surface area contributed by atoms with Crippen LogP contribution >= 0.6 is 29.1 Å². The van der Waals surface area contributed by atoms with E-state index >= 15 is 0 Å². The molecule has 0 N–H and O–H groups in total. The van der Waals surface area contributed by atoms with Crippen molar-refractivity contribution >= 4 is 52.6 Å². The summed E-state index contributed by atoms with van der Waals surface area (Å²) >= 11 is 11.7. The summed E-state index contributed by atoms with van der Waals surface area (Å²) in [5.74, 6) is -0.287. The van der Waals surface area contributed by atoms with Crippen molar-refractivity contribution in [2.75, 3.05) is 20.7 Å². The van der Waals surface area contributed by atoms with E-state index in [1.54, 1.807) is 11.8 Å².